The molecule has 1 amide bonds. The molecule has 2 rings (SSSR count). The summed E-state index contributed by atoms with van der Waals surface area (Å²) in [5.41, 5.74) is 0.727. The zero-order valence-electron chi connectivity index (χ0n) is 12.6. The highest BCUT2D eigenvalue weighted by Gasteiger charge is 2.15. The molecular weight excluding hydrogens is 304 g/mol. The third-order valence-electron chi connectivity index (χ3n) is 3.22. The van der Waals surface area contributed by atoms with Crippen LogP contribution in [0.15, 0.2) is 42.5 Å². The van der Waals surface area contributed by atoms with Crippen LogP contribution in [0.4, 0.5) is 8.78 Å². The maximum absolute atomic E-state index is 13.5. The maximum atomic E-state index is 13.5. The fourth-order valence-electron chi connectivity index (χ4n) is 1.98. The lowest BCUT2D eigenvalue weighted by Gasteiger charge is -2.15. The number of benzene rings is 2. The molecule has 6 heteroatoms. The van der Waals surface area contributed by atoms with Gasteiger partial charge >= 0.3 is 0 Å². The van der Waals surface area contributed by atoms with Gasteiger partial charge in [-0.15, -0.1) is 0 Å². The molecule has 0 aliphatic rings. The first-order valence-corrected chi connectivity index (χ1v) is 7.07. The van der Waals surface area contributed by atoms with Gasteiger partial charge in [0.25, 0.3) is 5.91 Å². The molecule has 0 fully saturated rings. The van der Waals surface area contributed by atoms with Crippen LogP contribution in [0.1, 0.15) is 18.1 Å². The summed E-state index contributed by atoms with van der Waals surface area (Å²) in [6.07, 6.45) is -0.819. The molecule has 2 N–H and O–H groups in total. The molecule has 4 nitrogen and oxygen atoms in total. The molecule has 1 atom stereocenters. The van der Waals surface area contributed by atoms with Crippen molar-refractivity contribution >= 4 is 5.91 Å². The van der Waals surface area contributed by atoms with Gasteiger partial charge in [0.1, 0.15) is 17.4 Å². The molecular formula is C17H17F2NO3. The van der Waals surface area contributed by atoms with Crippen molar-refractivity contribution in [1.82, 2.24) is 5.32 Å². The largest absolute Gasteiger partial charge is 0.481 e. The van der Waals surface area contributed by atoms with Gasteiger partial charge in [0, 0.05) is 12.1 Å². The highest BCUT2D eigenvalue weighted by molar-refractivity contribution is 5.80. The van der Waals surface area contributed by atoms with Gasteiger partial charge in [0.05, 0.1) is 6.61 Å². The standard InChI is InChI=1S/C17H17F2NO3/c1-11(23-15-4-2-3-12(7-15)10-21)17(22)20-9-13-8-14(18)5-6-16(13)19/h2-8,11,21H,9-10H2,1H3,(H,20,22). The van der Waals surface area contributed by atoms with Crippen molar-refractivity contribution in [1.29, 1.82) is 0 Å². The lowest BCUT2D eigenvalue weighted by Crippen LogP contribution is -2.36. The first kappa shape index (κ1) is 16.9. The second-order valence-electron chi connectivity index (χ2n) is 5.02. The Morgan fingerprint density at radius 2 is 2.04 bits per heavy atom. The molecule has 0 spiro atoms. The van der Waals surface area contributed by atoms with E-state index >= 15 is 0 Å². The van der Waals surface area contributed by atoms with Crippen LogP contribution >= 0.6 is 0 Å². The molecule has 2 aromatic rings. The van der Waals surface area contributed by atoms with E-state index in [2.05, 4.69) is 5.32 Å². The second-order valence-corrected chi connectivity index (χ2v) is 5.02. The van der Waals surface area contributed by atoms with Crippen LogP contribution < -0.4 is 10.1 Å². The van der Waals surface area contributed by atoms with Gasteiger partial charge in [0.2, 0.25) is 0 Å². The number of halogens is 2. The number of carbonyl (C=O) groups is 1. The smallest absolute Gasteiger partial charge is 0.261 e. The summed E-state index contributed by atoms with van der Waals surface area (Å²) in [6, 6.07) is 9.77. The minimum absolute atomic E-state index is 0.0628. The zero-order chi connectivity index (χ0) is 16.8. The Labute approximate surface area is 132 Å². The number of aliphatic hydroxyl groups excluding tert-OH is 1. The lowest BCUT2D eigenvalue weighted by atomic mass is 10.2. The number of carbonyl (C=O) groups excluding carboxylic acids is 1. The topological polar surface area (TPSA) is 58.6 Å². The molecule has 23 heavy (non-hydrogen) atoms. The minimum atomic E-state index is -0.819. The normalized spacial score (nSPS) is 11.8. The second kappa shape index (κ2) is 7.69. The summed E-state index contributed by atoms with van der Waals surface area (Å²) in [7, 11) is 0. The summed E-state index contributed by atoms with van der Waals surface area (Å²) in [5, 5.41) is 11.6. The number of ether oxygens (including phenoxy) is 1. The first-order chi connectivity index (χ1) is 11.0. The van der Waals surface area contributed by atoms with E-state index in [1.165, 1.54) is 0 Å². The van der Waals surface area contributed by atoms with Crippen molar-refractivity contribution in [3.8, 4) is 5.75 Å². The minimum Gasteiger partial charge on any atom is -0.481 e. The van der Waals surface area contributed by atoms with Crippen LogP contribution in [-0.2, 0) is 17.9 Å². The Balaban J connectivity index is 1.93. The van der Waals surface area contributed by atoms with Crippen LogP contribution in [0, 0.1) is 11.6 Å². The zero-order valence-corrected chi connectivity index (χ0v) is 12.6. The summed E-state index contributed by atoms with van der Waals surface area (Å²) < 4.78 is 32.0. The molecule has 0 heterocycles. The molecule has 122 valence electrons. The van der Waals surface area contributed by atoms with E-state index in [9.17, 15) is 13.6 Å². The average Bonchev–Trinajstić information content (AvgIpc) is 2.55. The lowest BCUT2D eigenvalue weighted by molar-refractivity contribution is -0.127. The van der Waals surface area contributed by atoms with E-state index in [0.29, 0.717) is 11.3 Å². The van der Waals surface area contributed by atoms with E-state index in [1.807, 2.05) is 0 Å². The Morgan fingerprint density at radius 3 is 2.78 bits per heavy atom. The predicted octanol–water partition coefficient (Wildman–Crippen LogP) is 2.54. The van der Waals surface area contributed by atoms with Crippen molar-refractivity contribution in [2.45, 2.75) is 26.2 Å². The van der Waals surface area contributed by atoms with Crippen LogP contribution in [0.5, 0.6) is 5.75 Å². The molecule has 0 aliphatic carbocycles. The average molecular weight is 321 g/mol. The summed E-state index contributed by atoms with van der Waals surface area (Å²) >= 11 is 0. The van der Waals surface area contributed by atoms with Crippen LogP contribution in [0.3, 0.4) is 0 Å². The van der Waals surface area contributed by atoms with Crippen LogP contribution in [-0.4, -0.2) is 17.1 Å². The SMILES string of the molecule is CC(Oc1cccc(CO)c1)C(=O)NCc1cc(F)ccc1F. The number of hydrogen-bond donors (Lipinski definition) is 2. The number of rotatable bonds is 6. The van der Waals surface area contributed by atoms with Gasteiger partial charge in [-0.3, -0.25) is 4.79 Å². The Kier molecular flexibility index (Phi) is 5.65. The molecule has 1 unspecified atom stereocenters. The Bertz CT molecular complexity index is 691. The summed E-state index contributed by atoms with van der Waals surface area (Å²) in [6.45, 7) is 1.28. The first-order valence-electron chi connectivity index (χ1n) is 7.07. The van der Waals surface area contributed by atoms with Crippen molar-refractivity contribution in [2.24, 2.45) is 0 Å². The Morgan fingerprint density at radius 1 is 1.26 bits per heavy atom. The van der Waals surface area contributed by atoms with Crippen molar-refractivity contribution in [3.05, 3.63) is 65.2 Å². The summed E-state index contributed by atoms with van der Waals surface area (Å²) in [5.74, 6) is -1.17. The number of nitrogens with one attached hydrogen (secondary N) is 1. The van der Waals surface area contributed by atoms with Crippen molar-refractivity contribution in [3.63, 3.8) is 0 Å². The van der Waals surface area contributed by atoms with Gasteiger partial charge < -0.3 is 15.2 Å². The monoisotopic (exact) mass is 321 g/mol. The number of amides is 1. The number of aliphatic hydroxyl groups is 1. The molecule has 0 saturated carbocycles. The maximum Gasteiger partial charge on any atom is 0.261 e. The highest BCUT2D eigenvalue weighted by atomic mass is 19.1. The molecule has 2 aromatic carbocycles. The Hall–Kier alpha value is -2.47. The van der Waals surface area contributed by atoms with Gasteiger partial charge in [-0.25, -0.2) is 8.78 Å². The molecule has 0 bridgehead atoms. The van der Waals surface area contributed by atoms with E-state index in [4.69, 9.17) is 9.84 Å². The van der Waals surface area contributed by atoms with Gasteiger partial charge in [-0.2, -0.15) is 0 Å². The number of hydrogen-bond acceptors (Lipinski definition) is 3. The predicted molar refractivity (Wildman–Crippen MR) is 80.7 cm³/mol. The van der Waals surface area contributed by atoms with Crippen LogP contribution in [0.25, 0.3) is 0 Å². The molecule has 0 aliphatic heterocycles. The quantitative estimate of drug-likeness (QED) is 0.859. The van der Waals surface area contributed by atoms with Gasteiger partial charge in [0.15, 0.2) is 6.10 Å². The fraction of sp³-hybridized carbons (Fsp3) is 0.235. The fourth-order valence-corrected chi connectivity index (χ4v) is 1.98. The van der Waals surface area contributed by atoms with Crippen LogP contribution in [0.2, 0.25) is 0 Å². The third-order valence-corrected chi connectivity index (χ3v) is 3.22. The van der Waals surface area contributed by atoms with E-state index < -0.39 is 23.6 Å². The van der Waals surface area contributed by atoms with E-state index in [0.717, 1.165) is 18.2 Å². The highest BCUT2D eigenvalue weighted by Crippen LogP contribution is 2.15. The molecule has 0 radical (unpaired) electrons. The van der Waals surface area contributed by atoms with Gasteiger partial charge in [-0.05, 0) is 42.8 Å². The van der Waals surface area contributed by atoms with E-state index in [1.54, 1.807) is 31.2 Å². The van der Waals surface area contributed by atoms with Crippen molar-refractivity contribution < 1.29 is 23.4 Å². The summed E-state index contributed by atoms with van der Waals surface area (Å²) in [4.78, 5) is 12.0. The van der Waals surface area contributed by atoms with E-state index in [-0.39, 0.29) is 18.7 Å². The van der Waals surface area contributed by atoms with Crippen molar-refractivity contribution in [2.75, 3.05) is 0 Å². The molecule has 0 aromatic heterocycles. The van der Waals surface area contributed by atoms with Gasteiger partial charge in [-0.1, -0.05) is 12.1 Å². The molecule has 0 saturated heterocycles. The third kappa shape index (κ3) is 4.75.